The van der Waals surface area contributed by atoms with E-state index in [1.807, 2.05) is 0 Å². The summed E-state index contributed by atoms with van der Waals surface area (Å²) in [5.74, 6) is -0.995. The maximum absolute atomic E-state index is 11.8. The van der Waals surface area contributed by atoms with E-state index in [1.165, 1.54) is 13.2 Å². The molecule has 20 heavy (non-hydrogen) atoms. The Morgan fingerprint density at radius 1 is 1.50 bits per heavy atom. The van der Waals surface area contributed by atoms with E-state index in [2.05, 4.69) is 10.1 Å². The van der Waals surface area contributed by atoms with Gasteiger partial charge < -0.3 is 10.1 Å². The van der Waals surface area contributed by atoms with Gasteiger partial charge in [-0.05, 0) is 12.5 Å². The van der Waals surface area contributed by atoms with Crippen LogP contribution in [0.4, 0.5) is 0 Å². The zero-order chi connectivity index (χ0) is 15.3. The first kappa shape index (κ1) is 16.9. The zero-order valence-corrected chi connectivity index (χ0v) is 12.9. The number of hydrogen-bond acceptors (Lipinski definition) is 6. The second kappa shape index (κ2) is 7.02. The molecule has 1 amide bonds. The summed E-state index contributed by atoms with van der Waals surface area (Å²) in [6.07, 6.45) is 0.532. The van der Waals surface area contributed by atoms with Crippen molar-refractivity contribution in [2.45, 2.75) is 17.1 Å². The highest BCUT2D eigenvalue weighted by atomic mass is 35.5. The third kappa shape index (κ3) is 4.75. The summed E-state index contributed by atoms with van der Waals surface area (Å²) in [6, 6.07) is 1.24. The number of carbonyl (C=O) groups is 2. The maximum Gasteiger partial charge on any atom is 0.305 e. The van der Waals surface area contributed by atoms with Gasteiger partial charge in [0.25, 0.3) is 5.91 Å². The quantitative estimate of drug-likeness (QED) is 0.585. The zero-order valence-electron chi connectivity index (χ0n) is 10.5. The Kier molecular flexibility index (Phi) is 5.93. The van der Waals surface area contributed by atoms with E-state index < -0.39 is 15.9 Å². The second-order valence-electron chi connectivity index (χ2n) is 3.73. The minimum absolute atomic E-state index is 0.0967. The lowest BCUT2D eigenvalue weighted by Gasteiger charge is -2.04. The summed E-state index contributed by atoms with van der Waals surface area (Å²) in [7, 11) is -2.74. The molecule has 0 aliphatic rings. The van der Waals surface area contributed by atoms with Gasteiger partial charge in [-0.15, -0.1) is 11.3 Å². The van der Waals surface area contributed by atoms with Crippen LogP contribution in [0.15, 0.2) is 10.3 Å². The number of amides is 1. The lowest BCUT2D eigenvalue weighted by Crippen LogP contribution is -2.26. The minimum Gasteiger partial charge on any atom is -0.469 e. The van der Waals surface area contributed by atoms with E-state index in [-0.39, 0.29) is 33.0 Å². The first-order valence-corrected chi connectivity index (χ1v) is 8.17. The predicted octanol–water partition coefficient (Wildman–Crippen LogP) is 0.732. The molecule has 112 valence electrons. The fourth-order valence-electron chi connectivity index (χ4n) is 1.35. The van der Waals surface area contributed by atoms with E-state index in [0.29, 0.717) is 17.8 Å². The largest absolute Gasteiger partial charge is 0.469 e. The summed E-state index contributed by atoms with van der Waals surface area (Å²) in [4.78, 5) is 22.7. The topological polar surface area (TPSA) is 116 Å². The van der Waals surface area contributed by atoms with Crippen molar-refractivity contribution in [2.24, 2.45) is 5.14 Å². The van der Waals surface area contributed by atoms with Gasteiger partial charge in [0.2, 0.25) is 10.0 Å². The first-order chi connectivity index (χ1) is 9.25. The number of sulfonamides is 1. The molecule has 0 aromatic carbocycles. The molecule has 1 aromatic rings. The highest BCUT2D eigenvalue weighted by Crippen LogP contribution is 2.29. The monoisotopic (exact) mass is 340 g/mol. The first-order valence-electron chi connectivity index (χ1n) is 5.43. The van der Waals surface area contributed by atoms with Crippen LogP contribution in [0.2, 0.25) is 4.34 Å². The van der Waals surface area contributed by atoms with E-state index >= 15 is 0 Å². The molecule has 1 rings (SSSR count). The van der Waals surface area contributed by atoms with Gasteiger partial charge in [-0.1, -0.05) is 11.6 Å². The third-order valence-electron chi connectivity index (χ3n) is 2.24. The molecule has 1 aromatic heterocycles. The van der Waals surface area contributed by atoms with Gasteiger partial charge in [-0.2, -0.15) is 0 Å². The number of hydrogen-bond donors (Lipinski definition) is 2. The number of rotatable bonds is 6. The van der Waals surface area contributed by atoms with Gasteiger partial charge in [0.15, 0.2) is 0 Å². The van der Waals surface area contributed by atoms with Gasteiger partial charge in [0.1, 0.15) is 4.21 Å². The predicted molar refractivity (Wildman–Crippen MR) is 74.3 cm³/mol. The molecule has 7 nitrogen and oxygen atoms in total. The Hall–Kier alpha value is -1.16. The van der Waals surface area contributed by atoms with Gasteiger partial charge in [-0.3, -0.25) is 9.59 Å². The number of carbonyl (C=O) groups excluding carboxylic acids is 2. The van der Waals surface area contributed by atoms with Crippen LogP contribution in [0.5, 0.6) is 0 Å². The Morgan fingerprint density at radius 2 is 2.15 bits per heavy atom. The summed E-state index contributed by atoms with van der Waals surface area (Å²) >= 11 is 6.41. The van der Waals surface area contributed by atoms with E-state index in [9.17, 15) is 18.0 Å². The summed E-state index contributed by atoms with van der Waals surface area (Å²) < 4.78 is 26.9. The number of esters is 1. The van der Waals surface area contributed by atoms with Crippen molar-refractivity contribution in [3.05, 3.63) is 16.0 Å². The average Bonchev–Trinajstić information content (AvgIpc) is 2.76. The van der Waals surface area contributed by atoms with Crippen LogP contribution in [-0.2, 0) is 19.6 Å². The van der Waals surface area contributed by atoms with Crippen molar-refractivity contribution < 1.29 is 22.7 Å². The van der Waals surface area contributed by atoms with Crippen molar-refractivity contribution in [3.8, 4) is 0 Å². The lowest BCUT2D eigenvalue weighted by molar-refractivity contribution is -0.140. The van der Waals surface area contributed by atoms with E-state index in [1.54, 1.807) is 0 Å². The minimum atomic E-state index is -4.01. The molecule has 0 spiro atoms. The maximum atomic E-state index is 11.8. The highest BCUT2D eigenvalue weighted by molar-refractivity contribution is 7.91. The summed E-state index contributed by atoms with van der Waals surface area (Å²) in [5.41, 5.74) is -0.0967. The number of ether oxygens (including phenoxy) is 1. The summed E-state index contributed by atoms with van der Waals surface area (Å²) in [5, 5.41) is 7.49. The fourth-order valence-corrected chi connectivity index (χ4v) is 3.63. The van der Waals surface area contributed by atoms with Crippen LogP contribution in [0, 0.1) is 0 Å². The Balaban J connectivity index is 2.67. The van der Waals surface area contributed by atoms with Gasteiger partial charge in [0.05, 0.1) is 17.0 Å². The molecule has 3 N–H and O–H groups in total. The summed E-state index contributed by atoms with van der Waals surface area (Å²) in [6.45, 7) is 0.200. The molecular weight excluding hydrogens is 328 g/mol. The second-order valence-corrected chi connectivity index (χ2v) is 7.17. The van der Waals surface area contributed by atoms with Crippen LogP contribution in [-0.4, -0.2) is 33.9 Å². The molecule has 0 unspecified atom stereocenters. The average molecular weight is 341 g/mol. The smallest absolute Gasteiger partial charge is 0.305 e. The Labute approximate surface area is 125 Å². The molecule has 0 saturated carbocycles. The number of nitrogens with two attached hydrogens (primary N) is 1. The fraction of sp³-hybridized carbons (Fsp3) is 0.400. The van der Waals surface area contributed by atoms with Crippen molar-refractivity contribution in [2.75, 3.05) is 13.7 Å². The number of halogens is 1. The standard InChI is InChI=1S/C10H13ClN2O5S2/c1-18-8(14)3-2-4-13-9(15)6-5-7(11)19-10(6)20(12,16)17/h5H,2-4H2,1H3,(H,13,15)(H2,12,16,17). The van der Waals surface area contributed by atoms with Gasteiger partial charge >= 0.3 is 5.97 Å². The molecule has 0 aliphatic carbocycles. The number of methoxy groups -OCH3 is 1. The number of nitrogens with one attached hydrogen (secondary N) is 1. The van der Waals surface area contributed by atoms with Crippen LogP contribution < -0.4 is 10.5 Å². The molecule has 0 fully saturated rings. The SMILES string of the molecule is COC(=O)CCCNC(=O)c1cc(Cl)sc1S(N)(=O)=O. The molecule has 0 radical (unpaired) electrons. The van der Waals surface area contributed by atoms with Crippen molar-refractivity contribution >= 4 is 44.8 Å². The lowest BCUT2D eigenvalue weighted by atomic mass is 10.3. The Morgan fingerprint density at radius 3 is 2.70 bits per heavy atom. The molecule has 1 heterocycles. The molecule has 10 heteroatoms. The van der Waals surface area contributed by atoms with Crippen molar-refractivity contribution in [3.63, 3.8) is 0 Å². The van der Waals surface area contributed by atoms with Crippen LogP contribution in [0.25, 0.3) is 0 Å². The number of primary sulfonamides is 1. The highest BCUT2D eigenvalue weighted by Gasteiger charge is 2.23. The van der Waals surface area contributed by atoms with Crippen LogP contribution in [0.1, 0.15) is 23.2 Å². The van der Waals surface area contributed by atoms with E-state index in [0.717, 1.165) is 0 Å². The van der Waals surface area contributed by atoms with Crippen molar-refractivity contribution in [1.29, 1.82) is 0 Å². The van der Waals surface area contributed by atoms with E-state index in [4.69, 9.17) is 16.7 Å². The van der Waals surface area contributed by atoms with Crippen LogP contribution >= 0.6 is 22.9 Å². The third-order valence-corrected chi connectivity index (χ3v) is 4.98. The van der Waals surface area contributed by atoms with Crippen LogP contribution in [0.3, 0.4) is 0 Å². The normalized spacial score (nSPS) is 11.2. The van der Waals surface area contributed by atoms with Gasteiger partial charge in [-0.25, -0.2) is 13.6 Å². The van der Waals surface area contributed by atoms with Gasteiger partial charge in [0, 0.05) is 13.0 Å². The molecule has 0 aliphatic heterocycles. The molecular formula is C10H13ClN2O5S2. The van der Waals surface area contributed by atoms with Crippen molar-refractivity contribution in [1.82, 2.24) is 5.32 Å². The molecule has 0 atom stereocenters. The Bertz CT molecular complexity index is 611. The molecule has 0 saturated heterocycles. The molecule has 0 bridgehead atoms. The number of thiophene rings is 1.